The topological polar surface area (TPSA) is 154 Å². The second-order valence-corrected chi connectivity index (χ2v) is 9.24. The fourth-order valence-corrected chi connectivity index (χ4v) is 4.52. The number of halogens is 1. The summed E-state index contributed by atoms with van der Waals surface area (Å²) in [6.07, 6.45) is 0.0188. The van der Waals surface area contributed by atoms with Gasteiger partial charge in [-0.25, -0.2) is 9.80 Å². The van der Waals surface area contributed by atoms with Gasteiger partial charge in [-0.2, -0.15) is 0 Å². The van der Waals surface area contributed by atoms with Crippen molar-refractivity contribution in [3.63, 3.8) is 0 Å². The van der Waals surface area contributed by atoms with E-state index in [1.165, 1.54) is 6.07 Å². The highest BCUT2D eigenvalue weighted by atomic mass is 35.5. The first-order valence-electron chi connectivity index (χ1n) is 11.8. The van der Waals surface area contributed by atoms with E-state index in [-0.39, 0.29) is 25.7 Å². The molecule has 3 aromatic carbocycles. The Labute approximate surface area is 223 Å². The number of aliphatic carboxylic acids is 1. The van der Waals surface area contributed by atoms with Gasteiger partial charge in [0.1, 0.15) is 6.04 Å². The fraction of sp³-hybridized carbons (Fsp3) is 0.185. The summed E-state index contributed by atoms with van der Waals surface area (Å²) in [7, 11) is 0. The van der Waals surface area contributed by atoms with E-state index >= 15 is 0 Å². The first-order chi connectivity index (χ1) is 18.3. The molecule has 0 saturated carbocycles. The number of nitrogens with zero attached hydrogens (tertiary/aromatic N) is 1. The molecule has 10 nitrogen and oxygen atoms in total. The van der Waals surface area contributed by atoms with Gasteiger partial charge in [-0.15, -0.1) is 0 Å². The van der Waals surface area contributed by atoms with Crippen molar-refractivity contribution in [2.75, 3.05) is 10.7 Å². The van der Waals surface area contributed by atoms with Crippen LogP contribution in [0.25, 0.3) is 0 Å². The third-order valence-corrected chi connectivity index (χ3v) is 6.51. The SMILES string of the molecule is NCc1ccc(Cl)cc1NN(C(=O)C=O)C(Cc1ccccc1)C(=O)NC1(C(=O)O)Cc2ccccc2N1. The maximum Gasteiger partial charge on any atom is 0.350 e. The van der Waals surface area contributed by atoms with Crippen LogP contribution in [-0.4, -0.2) is 45.9 Å². The molecular formula is C27H26ClN5O5. The minimum Gasteiger partial charge on any atom is -0.478 e. The van der Waals surface area contributed by atoms with Gasteiger partial charge in [-0.3, -0.25) is 19.8 Å². The maximum atomic E-state index is 13.8. The van der Waals surface area contributed by atoms with Gasteiger partial charge in [0.05, 0.1) is 5.69 Å². The number of benzene rings is 3. The number of carbonyl (C=O) groups excluding carboxylic acids is 3. The number of amides is 2. The third-order valence-electron chi connectivity index (χ3n) is 6.28. The quantitative estimate of drug-likeness (QED) is 0.150. The number of nitrogens with one attached hydrogen (secondary N) is 3. The standard InChI is InChI=1S/C27H26ClN5O5/c28-20-11-10-19(15-29)22(13-20)32-33(24(35)16-34)23(12-17-6-2-1-3-7-17)25(36)31-27(26(37)38)14-18-8-4-5-9-21(18)30-27/h1-11,13,16,23,30,32H,12,14-15,29H2,(H,31,36)(H,37,38). The Balaban J connectivity index is 1.72. The number of hydrogen-bond acceptors (Lipinski definition) is 7. The Morgan fingerprint density at radius 2 is 1.82 bits per heavy atom. The molecule has 6 N–H and O–H groups in total. The molecule has 2 amide bonds. The van der Waals surface area contributed by atoms with Crippen molar-refractivity contribution in [3.8, 4) is 0 Å². The predicted molar refractivity (Wildman–Crippen MR) is 142 cm³/mol. The predicted octanol–water partition coefficient (Wildman–Crippen LogP) is 2.33. The molecule has 1 aliphatic rings. The Morgan fingerprint density at radius 1 is 1.11 bits per heavy atom. The summed E-state index contributed by atoms with van der Waals surface area (Å²) in [6, 6.07) is 19.3. The first-order valence-corrected chi connectivity index (χ1v) is 12.1. The van der Waals surface area contributed by atoms with E-state index in [1.807, 2.05) is 0 Å². The lowest BCUT2D eigenvalue weighted by atomic mass is 10.0. The van der Waals surface area contributed by atoms with Crippen LogP contribution in [-0.2, 0) is 38.6 Å². The molecule has 1 heterocycles. The smallest absolute Gasteiger partial charge is 0.350 e. The second-order valence-electron chi connectivity index (χ2n) is 8.81. The number of carboxylic acids is 1. The van der Waals surface area contributed by atoms with Crippen LogP contribution in [0.4, 0.5) is 11.4 Å². The van der Waals surface area contributed by atoms with Crippen molar-refractivity contribution >= 4 is 47.0 Å². The maximum absolute atomic E-state index is 13.8. The highest BCUT2D eigenvalue weighted by Gasteiger charge is 2.47. The number of anilines is 2. The van der Waals surface area contributed by atoms with Gasteiger partial charge in [-0.1, -0.05) is 66.2 Å². The highest BCUT2D eigenvalue weighted by Crippen LogP contribution is 2.31. The summed E-state index contributed by atoms with van der Waals surface area (Å²) in [5.41, 5.74) is 9.66. The Hall–Kier alpha value is -4.41. The molecule has 2 atom stereocenters. The number of carbonyl (C=O) groups is 4. The summed E-state index contributed by atoms with van der Waals surface area (Å²) < 4.78 is 0. The molecule has 0 radical (unpaired) electrons. The van der Waals surface area contributed by atoms with E-state index in [0.29, 0.717) is 33.1 Å². The normalized spacial score (nSPS) is 16.5. The average molecular weight is 536 g/mol. The van der Waals surface area contributed by atoms with Gasteiger partial charge < -0.3 is 21.5 Å². The van der Waals surface area contributed by atoms with Gasteiger partial charge in [0.2, 0.25) is 17.9 Å². The van der Waals surface area contributed by atoms with E-state index in [0.717, 1.165) is 5.01 Å². The molecule has 0 aliphatic carbocycles. The monoisotopic (exact) mass is 535 g/mol. The second kappa shape index (κ2) is 11.3. The Morgan fingerprint density at radius 3 is 2.47 bits per heavy atom. The minimum absolute atomic E-state index is 0.0248. The molecule has 3 aromatic rings. The van der Waals surface area contributed by atoms with E-state index in [1.54, 1.807) is 66.7 Å². The van der Waals surface area contributed by atoms with E-state index in [9.17, 15) is 24.3 Å². The average Bonchev–Trinajstić information content (AvgIpc) is 3.30. The van der Waals surface area contributed by atoms with Gasteiger partial charge in [-0.05, 0) is 34.9 Å². The molecule has 0 aromatic heterocycles. The molecule has 0 saturated heterocycles. The molecule has 4 rings (SSSR count). The van der Waals surface area contributed by atoms with Crippen LogP contribution in [0.2, 0.25) is 5.02 Å². The molecule has 0 bridgehead atoms. The number of carboxylic acid groups (broad SMARTS) is 1. The van der Waals surface area contributed by atoms with Gasteiger partial charge in [0, 0.05) is 30.1 Å². The third kappa shape index (κ3) is 5.61. The summed E-state index contributed by atoms with van der Waals surface area (Å²) in [5, 5.41) is 16.8. The fourth-order valence-electron chi connectivity index (χ4n) is 4.35. The van der Waals surface area contributed by atoms with Crippen LogP contribution in [0.15, 0.2) is 72.8 Å². The number of nitrogens with two attached hydrogens (primary N) is 1. The van der Waals surface area contributed by atoms with Crippen LogP contribution in [0.5, 0.6) is 0 Å². The zero-order valence-corrected chi connectivity index (χ0v) is 20.9. The van der Waals surface area contributed by atoms with Crippen LogP contribution < -0.4 is 21.8 Å². The van der Waals surface area contributed by atoms with Crippen molar-refractivity contribution in [2.24, 2.45) is 5.73 Å². The minimum atomic E-state index is -1.86. The molecule has 1 aliphatic heterocycles. The van der Waals surface area contributed by atoms with Crippen LogP contribution in [0.1, 0.15) is 16.7 Å². The zero-order valence-electron chi connectivity index (χ0n) is 20.2. The number of rotatable bonds is 10. The lowest BCUT2D eigenvalue weighted by Crippen LogP contribution is -2.64. The highest BCUT2D eigenvalue weighted by molar-refractivity contribution is 6.31. The van der Waals surface area contributed by atoms with Crippen molar-refractivity contribution in [2.45, 2.75) is 31.1 Å². The molecule has 2 unspecified atom stereocenters. The number of fused-ring (bicyclic) bond motifs is 1. The molecule has 11 heteroatoms. The van der Waals surface area contributed by atoms with Crippen molar-refractivity contribution < 1.29 is 24.3 Å². The number of hydrogen-bond donors (Lipinski definition) is 5. The van der Waals surface area contributed by atoms with Crippen LogP contribution in [0, 0.1) is 0 Å². The van der Waals surface area contributed by atoms with Crippen molar-refractivity contribution in [3.05, 3.63) is 94.5 Å². The molecule has 38 heavy (non-hydrogen) atoms. The van der Waals surface area contributed by atoms with Crippen LogP contribution in [0.3, 0.4) is 0 Å². The van der Waals surface area contributed by atoms with E-state index < -0.39 is 29.5 Å². The summed E-state index contributed by atoms with van der Waals surface area (Å²) in [5.74, 6) is -3.14. The van der Waals surface area contributed by atoms with Gasteiger partial charge >= 0.3 is 11.9 Å². The molecular weight excluding hydrogens is 510 g/mol. The van der Waals surface area contributed by atoms with E-state index in [4.69, 9.17) is 17.3 Å². The summed E-state index contributed by atoms with van der Waals surface area (Å²) >= 11 is 6.15. The van der Waals surface area contributed by atoms with Crippen LogP contribution >= 0.6 is 11.6 Å². The van der Waals surface area contributed by atoms with Crippen molar-refractivity contribution in [1.82, 2.24) is 10.3 Å². The van der Waals surface area contributed by atoms with Gasteiger partial charge in [0.25, 0.3) is 0 Å². The zero-order chi connectivity index (χ0) is 27.3. The summed E-state index contributed by atoms with van der Waals surface area (Å²) in [4.78, 5) is 50.8. The lowest BCUT2D eigenvalue weighted by Gasteiger charge is -2.34. The Bertz CT molecular complexity index is 1340. The number of aldehydes is 1. The number of hydrazine groups is 1. The molecule has 0 fully saturated rings. The summed E-state index contributed by atoms with van der Waals surface area (Å²) in [6.45, 7) is 0.0858. The van der Waals surface area contributed by atoms with E-state index in [2.05, 4.69) is 16.1 Å². The lowest BCUT2D eigenvalue weighted by molar-refractivity contribution is -0.148. The number of para-hydroxylation sites is 1. The molecule has 0 spiro atoms. The first kappa shape index (κ1) is 26.6. The van der Waals surface area contributed by atoms with Gasteiger partial charge in [0.15, 0.2) is 0 Å². The largest absolute Gasteiger partial charge is 0.478 e. The Kier molecular flexibility index (Phi) is 7.94. The van der Waals surface area contributed by atoms with Crippen molar-refractivity contribution in [1.29, 1.82) is 0 Å². The molecule has 196 valence electrons.